The second kappa shape index (κ2) is 8.79. The van der Waals surface area contributed by atoms with Crippen molar-refractivity contribution in [1.82, 2.24) is 24.8 Å². The highest BCUT2D eigenvalue weighted by molar-refractivity contribution is 6.04. The van der Waals surface area contributed by atoms with Crippen LogP contribution < -0.4 is 5.32 Å². The Morgan fingerprint density at radius 3 is 2.61 bits per heavy atom. The third-order valence-corrected chi connectivity index (χ3v) is 6.66. The smallest absolute Gasteiger partial charge is 0.253 e. The van der Waals surface area contributed by atoms with Crippen LogP contribution in [0.1, 0.15) is 65.6 Å². The minimum absolute atomic E-state index is 0.0520. The summed E-state index contributed by atoms with van der Waals surface area (Å²) in [5, 5.41) is 3.23. The Hall–Kier alpha value is -2.73. The average Bonchev–Trinajstić information content (AvgIpc) is 3.36. The number of pyridine rings is 1. The number of aromatic nitrogens is 3. The number of benzene rings is 1. The number of imidazole rings is 1. The van der Waals surface area contributed by atoms with E-state index >= 15 is 0 Å². The Morgan fingerprint density at radius 1 is 1.03 bits per heavy atom. The summed E-state index contributed by atoms with van der Waals surface area (Å²) in [5.74, 6) is 1.02. The van der Waals surface area contributed by atoms with Crippen molar-refractivity contribution in [3.05, 3.63) is 59.0 Å². The van der Waals surface area contributed by atoms with Gasteiger partial charge in [0.15, 0.2) is 5.65 Å². The van der Waals surface area contributed by atoms with Gasteiger partial charge in [-0.3, -0.25) is 9.69 Å². The van der Waals surface area contributed by atoms with Crippen LogP contribution in [0.25, 0.3) is 11.2 Å². The van der Waals surface area contributed by atoms with Gasteiger partial charge in [0, 0.05) is 25.2 Å². The third-order valence-electron chi connectivity index (χ3n) is 6.66. The molecule has 6 nitrogen and oxygen atoms in total. The van der Waals surface area contributed by atoms with Crippen molar-refractivity contribution in [2.24, 2.45) is 0 Å². The Morgan fingerprint density at radius 2 is 1.81 bits per heavy atom. The number of aryl methyl sites for hydroxylation is 3. The van der Waals surface area contributed by atoms with E-state index in [1.54, 1.807) is 0 Å². The van der Waals surface area contributed by atoms with Gasteiger partial charge in [-0.15, -0.1) is 0 Å². The van der Waals surface area contributed by atoms with E-state index in [0.29, 0.717) is 12.1 Å². The maximum atomic E-state index is 13.3. The maximum Gasteiger partial charge on any atom is 0.253 e. The third kappa shape index (κ3) is 4.09. The van der Waals surface area contributed by atoms with Crippen molar-refractivity contribution in [1.29, 1.82) is 0 Å². The lowest BCUT2D eigenvalue weighted by Crippen LogP contribution is -2.37. The van der Waals surface area contributed by atoms with Crippen LogP contribution in [0.3, 0.4) is 0 Å². The number of rotatable bonds is 5. The van der Waals surface area contributed by atoms with Gasteiger partial charge in [-0.2, -0.15) is 0 Å². The van der Waals surface area contributed by atoms with Crippen molar-refractivity contribution < 1.29 is 4.79 Å². The molecule has 162 valence electrons. The fourth-order valence-electron chi connectivity index (χ4n) is 5.06. The van der Waals surface area contributed by atoms with E-state index in [0.717, 1.165) is 61.6 Å². The molecule has 1 unspecified atom stereocenters. The number of carbonyl (C=O) groups excluding carboxylic acids is 1. The molecule has 1 aromatic carbocycles. The summed E-state index contributed by atoms with van der Waals surface area (Å²) in [4.78, 5) is 25.4. The van der Waals surface area contributed by atoms with Crippen molar-refractivity contribution in [3.63, 3.8) is 0 Å². The molecule has 2 aliphatic rings. The number of nitrogens with one attached hydrogen (secondary N) is 1. The molecule has 0 aliphatic carbocycles. The van der Waals surface area contributed by atoms with Gasteiger partial charge in [0.05, 0.1) is 11.6 Å². The SMILES string of the molecule is Cc1cc(C(=O)NCC(c2ccccc2)N2CCCC2)c2nc3n(c2n1)CCCCC3. The molecule has 5 rings (SSSR count). The average molecular weight is 418 g/mol. The van der Waals surface area contributed by atoms with Crippen LogP contribution in [0, 0.1) is 6.92 Å². The van der Waals surface area contributed by atoms with Crippen LogP contribution in [0.15, 0.2) is 36.4 Å². The first kappa shape index (κ1) is 20.2. The number of carbonyl (C=O) groups is 1. The van der Waals surface area contributed by atoms with Crippen molar-refractivity contribution in [3.8, 4) is 0 Å². The quantitative estimate of drug-likeness (QED) is 0.681. The lowest BCUT2D eigenvalue weighted by Gasteiger charge is -2.28. The first-order chi connectivity index (χ1) is 15.2. The van der Waals surface area contributed by atoms with Gasteiger partial charge in [0.1, 0.15) is 11.3 Å². The standard InChI is InChI=1S/C25H31N5O/c1-18-16-20(23-24(27-18)30-15-7-3-6-12-22(30)28-23)25(31)26-17-21(29-13-8-9-14-29)19-10-4-2-5-11-19/h2,4-5,10-11,16,21H,3,6-9,12-15,17H2,1H3,(H,26,31). The van der Waals surface area contributed by atoms with Gasteiger partial charge in [-0.25, -0.2) is 9.97 Å². The zero-order valence-electron chi connectivity index (χ0n) is 18.3. The van der Waals surface area contributed by atoms with Crippen molar-refractivity contribution in [2.75, 3.05) is 19.6 Å². The minimum Gasteiger partial charge on any atom is -0.350 e. The van der Waals surface area contributed by atoms with Crippen molar-refractivity contribution in [2.45, 2.75) is 58.0 Å². The zero-order valence-corrected chi connectivity index (χ0v) is 18.3. The maximum absolute atomic E-state index is 13.3. The monoisotopic (exact) mass is 417 g/mol. The summed E-state index contributed by atoms with van der Waals surface area (Å²) in [7, 11) is 0. The predicted molar refractivity (Wildman–Crippen MR) is 122 cm³/mol. The predicted octanol–water partition coefficient (Wildman–Crippen LogP) is 4.03. The normalized spacial score (nSPS) is 18.0. The largest absolute Gasteiger partial charge is 0.350 e. The first-order valence-electron chi connectivity index (χ1n) is 11.6. The first-order valence-corrected chi connectivity index (χ1v) is 11.6. The summed E-state index contributed by atoms with van der Waals surface area (Å²) in [5.41, 5.74) is 4.38. The Balaban J connectivity index is 1.42. The molecule has 3 aromatic rings. The van der Waals surface area contributed by atoms with Gasteiger partial charge in [-0.1, -0.05) is 36.8 Å². The van der Waals surface area contributed by atoms with Gasteiger partial charge in [-0.05, 0) is 57.3 Å². The molecule has 31 heavy (non-hydrogen) atoms. The summed E-state index contributed by atoms with van der Waals surface area (Å²) in [6, 6.07) is 12.6. The second-order valence-electron chi connectivity index (χ2n) is 8.85. The number of amides is 1. The molecule has 0 bridgehead atoms. The molecule has 0 saturated carbocycles. The molecule has 0 radical (unpaired) electrons. The summed E-state index contributed by atoms with van der Waals surface area (Å²) in [6.45, 7) is 5.67. The molecule has 1 saturated heterocycles. The number of nitrogens with zero attached hydrogens (tertiary/aromatic N) is 4. The molecular formula is C25H31N5O. The number of hydrogen-bond donors (Lipinski definition) is 1. The summed E-state index contributed by atoms with van der Waals surface area (Å²) in [6.07, 6.45) is 6.93. The molecule has 0 spiro atoms. The summed E-state index contributed by atoms with van der Waals surface area (Å²) < 4.78 is 2.23. The van der Waals surface area contributed by atoms with E-state index in [4.69, 9.17) is 9.97 Å². The van der Waals surface area contributed by atoms with Gasteiger partial charge in [0.25, 0.3) is 5.91 Å². The van der Waals surface area contributed by atoms with Crippen LogP contribution in [0.5, 0.6) is 0 Å². The lowest BCUT2D eigenvalue weighted by atomic mass is 10.1. The molecule has 1 atom stereocenters. The van der Waals surface area contributed by atoms with E-state index < -0.39 is 0 Å². The second-order valence-corrected chi connectivity index (χ2v) is 8.85. The van der Waals surface area contributed by atoms with E-state index in [9.17, 15) is 4.79 Å². The lowest BCUT2D eigenvalue weighted by molar-refractivity contribution is 0.0939. The zero-order chi connectivity index (χ0) is 21.2. The molecule has 1 fully saturated rings. The number of fused-ring (bicyclic) bond motifs is 3. The van der Waals surface area contributed by atoms with E-state index in [-0.39, 0.29) is 11.9 Å². The summed E-state index contributed by atoms with van der Waals surface area (Å²) >= 11 is 0. The molecule has 1 N–H and O–H groups in total. The molecule has 2 aromatic heterocycles. The molecule has 1 amide bonds. The van der Waals surface area contributed by atoms with Crippen LogP contribution in [0.4, 0.5) is 0 Å². The topological polar surface area (TPSA) is 63.1 Å². The molecular weight excluding hydrogens is 386 g/mol. The van der Waals surface area contributed by atoms with Gasteiger partial charge >= 0.3 is 0 Å². The van der Waals surface area contributed by atoms with E-state index in [2.05, 4.69) is 39.0 Å². The number of likely N-dealkylation sites (tertiary alicyclic amines) is 1. The van der Waals surface area contributed by atoms with Crippen LogP contribution in [-0.2, 0) is 13.0 Å². The Labute approximate surface area is 183 Å². The van der Waals surface area contributed by atoms with Crippen LogP contribution in [-0.4, -0.2) is 45.0 Å². The van der Waals surface area contributed by atoms with Gasteiger partial charge < -0.3 is 9.88 Å². The highest BCUT2D eigenvalue weighted by Gasteiger charge is 2.25. The van der Waals surface area contributed by atoms with Crippen LogP contribution in [0.2, 0.25) is 0 Å². The van der Waals surface area contributed by atoms with Crippen LogP contribution >= 0.6 is 0 Å². The van der Waals surface area contributed by atoms with E-state index in [1.165, 1.54) is 24.8 Å². The fourth-order valence-corrected chi connectivity index (χ4v) is 5.06. The minimum atomic E-state index is -0.0520. The van der Waals surface area contributed by atoms with Gasteiger partial charge in [0.2, 0.25) is 0 Å². The highest BCUT2D eigenvalue weighted by Crippen LogP contribution is 2.26. The van der Waals surface area contributed by atoms with E-state index in [1.807, 2.05) is 19.1 Å². The highest BCUT2D eigenvalue weighted by atomic mass is 16.1. The molecule has 2 aliphatic heterocycles. The Bertz CT molecular complexity index is 1070. The van der Waals surface area contributed by atoms with Crippen molar-refractivity contribution >= 4 is 17.1 Å². The molecule has 4 heterocycles. The number of hydrogen-bond acceptors (Lipinski definition) is 4. The molecule has 6 heteroatoms. The Kier molecular flexibility index (Phi) is 5.72. The fraction of sp³-hybridized carbons (Fsp3) is 0.480.